The molecule has 4 heterocycles. The van der Waals surface area contributed by atoms with Gasteiger partial charge in [-0.15, -0.1) is 0 Å². The molecule has 0 aromatic rings. The Morgan fingerprint density at radius 3 is 2.50 bits per heavy atom. The third-order valence-corrected chi connectivity index (χ3v) is 10.4. The quantitative estimate of drug-likeness (QED) is 0.541. The number of nitrogens with zero attached hydrogens (tertiary/aromatic N) is 4. The van der Waals surface area contributed by atoms with E-state index < -0.39 is 0 Å². The topological polar surface area (TPSA) is 85.4 Å². The smallest absolute Gasteiger partial charge is 0.256 e. The first-order valence-electron chi connectivity index (χ1n) is 15.1. The van der Waals surface area contributed by atoms with E-state index in [-0.39, 0.29) is 53.8 Å². The van der Waals surface area contributed by atoms with Crippen molar-refractivity contribution in [3.63, 3.8) is 0 Å². The maximum Gasteiger partial charge on any atom is 0.256 e. The van der Waals surface area contributed by atoms with Gasteiger partial charge in [0.1, 0.15) is 0 Å². The van der Waals surface area contributed by atoms with E-state index >= 15 is 0 Å². The van der Waals surface area contributed by atoms with Gasteiger partial charge in [0.25, 0.3) is 5.91 Å². The van der Waals surface area contributed by atoms with E-state index in [2.05, 4.69) is 27.1 Å². The average Bonchev–Trinajstić information content (AvgIpc) is 3.34. The highest BCUT2D eigenvalue weighted by molar-refractivity contribution is 6.20. The molecule has 6 rings (SSSR count). The number of carbonyl (C=O) groups is 3. The summed E-state index contributed by atoms with van der Waals surface area (Å²) in [7, 11) is 2.15. The van der Waals surface area contributed by atoms with Crippen LogP contribution >= 0.6 is 0 Å². The first-order chi connectivity index (χ1) is 18.4. The van der Waals surface area contributed by atoms with Gasteiger partial charge in [-0.05, 0) is 58.5 Å². The minimum Gasteiger partial charge on any atom is -0.369 e. The fourth-order valence-corrected chi connectivity index (χ4v) is 8.29. The lowest BCUT2D eigenvalue weighted by Crippen LogP contribution is -2.71. The van der Waals surface area contributed by atoms with Crippen molar-refractivity contribution in [3.8, 4) is 0 Å². The van der Waals surface area contributed by atoms with Gasteiger partial charge >= 0.3 is 0 Å². The number of ether oxygens (including phenoxy) is 1. The summed E-state index contributed by atoms with van der Waals surface area (Å²) in [6.45, 7) is 6.59. The molecule has 7 unspecified atom stereocenters. The summed E-state index contributed by atoms with van der Waals surface area (Å²) < 4.78 is 6.90. The van der Waals surface area contributed by atoms with Crippen LogP contribution in [0.1, 0.15) is 64.7 Å². The minimum absolute atomic E-state index is 0.00411. The van der Waals surface area contributed by atoms with Crippen molar-refractivity contribution in [2.24, 2.45) is 5.92 Å². The summed E-state index contributed by atoms with van der Waals surface area (Å²) in [5, 5.41) is 3.09. The largest absolute Gasteiger partial charge is 0.369 e. The molecular weight excluding hydrogens is 482 g/mol. The van der Waals surface area contributed by atoms with Gasteiger partial charge in [-0.25, -0.2) is 0 Å². The van der Waals surface area contributed by atoms with Crippen molar-refractivity contribution >= 4 is 17.6 Å². The number of hydrogen-bond acceptors (Lipinski definition) is 7. The molecule has 2 saturated carbocycles. The Kier molecular flexibility index (Phi) is 7.53. The minimum atomic E-state index is -0.202. The summed E-state index contributed by atoms with van der Waals surface area (Å²) in [6, 6.07) is 1.00. The summed E-state index contributed by atoms with van der Waals surface area (Å²) in [5.41, 5.74) is 0.351. The van der Waals surface area contributed by atoms with E-state index in [1.165, 1.54) is 19.3 Å². The van der Waals surface area contributed by atoms with Crippen LogP contribution in [-0.2, 0) is 19.1 Å². The molecule has 0 radical (unpaired) electrons. The summed E-state index contributed by atoms with van der Waals surface area (Å²) in [4.78, 5) is 48.2. The normalized spacial score (nSPS) is 37.9. The van der Waals surface area contributed by atoms with Crippen LogP contribution in [0.3, 0.4) is 0 Å². The second-order valence-corrected chi connectivity index (χ2v) is 12.5. The van der Waals surface area contributed by atoms with Crippen LogP contribution < -0.4 is 5.32 Å². The maximum atomic E-state index is 13.8. The van der Waals surface area contributed by atoms with Crippen LogP contribution in [0.4, 0.5) is 0 Å². The Morgan fingerprint density at radius 2 is 1.76 bits per heavy atom. The lowest BCUT2D eigenvalue weighted by atomic mass is 9.70. The molecule has 6 aliphatic rings. The number of fused-ring (bicyclic) bond motifs is 2. The molecule has 9 nitrogen and oxygen atoms in total. The molecule has 5 fully saturated rings. The van der Waals surface area contributed by atoms with Crippen LogP contribution in [-0.4, -0.2) is 120 Å². The first kappa shape index (κ1) is 26.3. The number of ketones is 1. The molecule has 3 saturated heterocycles. The van der Waals surface area contributed by atoms with Gasteiger partial charge in [0, 0.05) is 63.8 Å². The van der Waals surface area contributed by atoms with Gasteiger partial charge in [0.15, 0.2) is 5.78 Å². The third-order valence-electron chi connectivity index (χ3n) is 10.4. The Balaban J connectivity index is 1.20. The molecular formula is C29H45N5O4. The van der Waals surface area contributed by atoms with Gasteiger partial charge in [0.05, 0.1) is 29.9 Å². The SMILES string of the molecule is CC(=O)N1CCN(C2CCC3C(=O)C(C(=O)NCCC4CCCN4C)=CN4C5CCCCC5OC2C34)CC1. The predicted molar refractivity (Wildman–Crippen MR) is 143 cm³/mol. The Morgan fingerprint density at radius 1 is 0.974 bits per heavy atom. The number of hydrogen-bond donors (Lipinski definition) is 1. The molecule has 9 heteroatoms. The zero-order valence-corrected chi connectivity index (χ0v) is 23.1. The monoisotopic (exact) mass is 527 g/mol. The van der Waals surface area contributed by atoms with Crippen molar-refractivity contribution in [2.75, 3.05) is 46.3 Å². The number of piperazine rings is 1. The molecule has 210 valence electrons. The average molecular weight is 528 g/mol. The van der Waals surface area contributed by atoms with E-state index in [0.29, 0.717) is 18.2 Å². The molecule has 0 aromatic heterocycles. The van der Waals surface area contributed by atoms with Crippen molar-refractivity contribution in [1.82, 2.24) is 24.9 Å². The van der Waals surface area contributed by atoms with E-state index in [0.717, 1.165) is 71.2 Å². The second kappa shape index (κ2) is 10.9. The predicted octanol–water partition coefficient (Wildman–Crippen LogP) is 1.38. The van der Waals surface area contributed by atoms with Crippen LogP contribution in [0, 0.1) is 5.92 Å². The zero-order chi connectivity index (χ0) is 26.4. The van der Waals surface area contributed by atoms with Gasteiger partial charge in [-0.1, -0.05) is 12.8 Å². The van der Waals surface area contributed by atoms with Crippen LogP contribution in [0.15, 0.2) is 11.8 Å². The lowest BCUT2D eigenvalue weighted by molar-refractivity contribution is -0.202. The van der Waals surface area contributed by atoms with Crippen molar-refractivity contribution in [2.45, 2.75) is 101 Å². The molecule has 4 aliphatic heterocycles. The number of carbonyl (C=O) groups excluding carboxylic acids is 3. The second-order valence-electron chi connectivity index (χ2n) is 12.5. The molecule has 2 amide bonds. The number of likely N-dealkylation sites (tertiary alicyclic amines) is 1. The third kappa shape index (κ3) is 4.79. The molecule has 0 bridgehead atoms. The summed E-state index contributed by atoms with van der Waals surface area (Å²) in [5.74, 6) is -0.247. The summed E-state index contributed by atoms with van der Waals surface area (Å²) in [6.07, 6.45) is 11.5. The zero-order valence-electron chi connectivity index (χ0n) is 23.1. The lowest BCUT2D eigenvalue weighted by Gasteiger charge is -2.60. The van der Waals surface area contributed by atoms with E-state index in [1.54, 1.807) is 6.92 Å². The van der Waals surface area contributed by atoms with Gasteiger partial charge in [-0.2, -0.15) is 0 Å². The van der Waals surface area contributed by atoms with Crippen LogP contribution in [0.5, 0.6) is 0 Å². The highest BCUT2D eigenvalue weighted by Crippen LogP contribution is 2.46. The number of Topliss-reactive ketones (excluding diaryl/α,β-unsaturated/α-hetero) is 1. The number of rotatable bonds is 5. The van der Waals surface area contributed by atoms with Crippen LogP contribution in [0.25, 0.3) is 0 Å². The molecule has 38 heavy (non-hydrogen) atoms. The highest BCUT2D eigenvalue weighted by atomic mass is 16.5. The van der Waals surface area contributed by atoms with Gasteiger partial charge in [0.2, 0.25) is 5.91 Å². The number of morpholine rings is 1. The highest BCUT2D eigenvalue weighted by Gasteiger charge is 2.56. The number of amides is 2. The molecule has 0 spiro atoms. The van der Waals surface area contributed by atoms with Crippen molar-refractivity contribution < 1.29 is 19.1 Å². The molecule has 2 aliphatic carbocycles. The van der Waals surface area contributed by atoms with Crippen molar-refractivity contribution in [1.29, 1.82) is 0 Å². The van der Waals surface area contributed by atoms with E-state index in [4.69, 9.17) is 4.74 Å². The molecule has 7 atom stereocenters. The molecule has 0 aromatic carbocycles. The maximum absolute atomic E-state index is 13.8. The number of nitrogens with one attached hydrogen (secondary N) is 1. The van der Waals surface area contributed by atoms with Gasteiger partial charge in [-0.3, -0.25) is 19.3 Å². The molecule has 1 N–H and O–H groups in total. The Hall–Kier alpha value is -1.97. The Bertz CT molecular complexity index is 963. The summed E-state index contributed by atoms with van der Waals surface area (Å²) >= 11 is 0. The fourth-order valence-electron chi connectivity index (χ4n) is 8.29. The van der Waals surface area contributed by atoms with E-state index in [9.17, 15) is 14.4 Å². The van der Waals surface area contributed by atoms with Gasteiger partial charge < -0.3 is 24.8 Å². The first-order valence-corrected chi connectivity index (χ1v) is 15.1. The Labute approximate surface area is 226 Å². The van der Waals surface area contributed by atoms with Crippen molar-refractivity contribution in [3.05, 3.63) is 11.8 Å². The van der Waals surface area contributed by atoms with Crippen LogP contribution in [0.2, 0.25) is 0 Å². The standard InChI is InChI=1S/C29H45N5O4/c1-19(35)32-14-16-33(17-15-32)24-10-9-21-26-28(24)38-25-8-4-3-7-23(25)34(26)18-22(27(21)36)29(37)30-12-11-20-6-5-13-31(20)2/h18,20-21,23-26,28H,3-17H2,1-2H3,(H,30,37). The van der Waals surface area contributed by atoms with E-state index in [1.807, 2.05) is 11.1 Å². The fraction of sp³-hybridized carbons (Fsp3) is 0.828.